The first-order valence-corrected chi connectivity index (χ1v) is 29.7. The molecule has 2 aliphatic carbocycles. The first-order chi connectivity index (χ1) is 36.6. The van der Waals surface area contributed by atoms with Crippen LogP contribution in [0.15, 0.2) is 137 Å². The third-order valence-corrected chi connectivity index (χ3v) is 16.2. The molecule has 8 rings (SSSR count). The Labute approximate surface area is 445 Å². The Kier molecular flexibility index (Phi) is 14.6. The Bertz CT molecular complexity index is 4500. The fourth-order valence-corrected chi connectivity index (χ4v) is 11.2. The smallest absolute Gasteiger partial charge is 0.320 e. The van der Waals surface area contributed by atoms with E-state index in [2.05, 4.69) is 46.6 Å². The van der Waals surface area contributed by atoms with E-state index >= 15 is 0 Å². The summed E-state index contributed by atoms with van der Waals surface area (Å²) in [5.41, 5.74) is -1.72. The largest absolute Gasteiger partial charge is 0.479 e. The molecule has 0 saturated carbocycles. The van der Waals surface area contributed by atoms with Crippen molar-refractivity contribution in [2.45, 2.75) is 19.6 Å². The monoisotopic (exact) mass is 1200 g/mol. The van der Waals surface area contributed by atoms with Crippen LogP contribution >= 0.6 is 0 Å². The zero-order valence-corrected chi connectivity index (χ0v) is 43.8. The van der Waals surface area contributed by atoms with Crippen LogP contribution < -0.4 is 26.4 Å². The molecule has 0 atom stereocenters. The van der Waals surface area contributed by atoms with Gasteiger partial charge in [0.1, 0.15) is 19.6 Å². The summed E-state index contributed by atoms with van der Waals surface area (Å²) in [7, 11) is -29.8. The van der Waals surface area contributed by atoms with E-state index < -0.39 is 176 Å². The van der Waals surface area contributed by atoms with Gasteiger partial charge in [0.25, 0.3) is 60.7 Å². The van der Waals surface area contributed by atoms with Crippen molar-refractivity contribution >= 4 is 142 Å². The van der Waals surface area contributed by atoms with E-state index in [-0.39, 0.29) is 11.4 Å². The zero-order chi connectivity index (χ0) is 57.9. The standard InChI is InChI=1S/C42H32N10O21S6/c1-52(29-19-25(75(59,60)61)15-21-17-33(79(71,72)73)37(39(54)35(21)29)51-49-27-7-3-5-9-31(27)77(65,66)67)41-45-40(46-42(55)47-41)44-23-12-10-22(11-13-23)43-28-18-24(74(56,57)58)14-20-16-32(78(68,69)70)36(38(53)34(20)28)50-48-26-6-2-4-8-30(26)76(62,63)64/h2-19,43,48-49H,1H3,(H,56,57,58)(H,59,60,61)(H,62,63,64)(H,65,66,67)(H,68,69,70)(H,71,72,73)(H2,44,45,46,47,55)/b50-36+,51-37+. The first-order valence-electron chi connectivity index (χ1n) is 21.0. The number of benzene rings is 5. The fraction of sp³-hybridized carbons (Fsp3) is 0.0238. The summed E-state index contributed by atoms with van der Waals surface area (Å²) < 4.78 is 208. The van der Waals surface area contributed by atoms with Gasteiger partial charge in [-0.3, -0.25) is 47.8 Å². The lowest BCUT2D eigenvalue weighted by atomic mass is 9.92. The first kappa shape index (κ1) is 56.7. The SMILES string of the molecule is CN(c1nc(O)nc(Nc2ccc(Nc3cc(S(=O)(=O)O)cc4c3C(=O)/C(=N/Nc3ccccc3S(=O)(=O)O)C(S(=O)(=O)O)=C4)cc2)n1)c1cc(S(=O)(=O)O)cc2c1C(=O)/C(=N/Nc1ccccc1S(=O)(=O)O)C(S(=O)(=O)O)=C2. The maximum Gasteiger partial charge on any atom is 0.320 e. The molecule has 0 radical (unpaired) electrons. The Morgan fingerprint density at radius 2 is 0.911 bits per heavy atom. The van der Waals surface area contributed by atoms with E-state index in [1.165, 1.54) is 48.5 Å². The van der Waals surface area contributed by atoms with Crippen LogP contribution in [0.2, 0.25) is 0 Å². The van der Waals surface area contributed by atoms with E-state index in [1.54, 1.807) is 0 Å². The highest BCUT2D eigenvalue weighted by molar-refractivity contribution is 7.91. The number of rotatable bonds is 16. The van der Waals surface area contributed by atoms with Crippen LogP contribution in [0, 0.1) is 0 Å². The average molecular weight is 1210 g/mol. The number of ketones is 2. The molecule has 0 unspecified atom stereocenters. The van der Waals surface area contributed by atoms with Crippen molar-refractivity contribution in [1.82, 2.24) is 15.0 Å². The second-order valence-electron chi connectivity index (χ2n) is 16.1. The molecule has 0 spiro atoms. The fourth-order valence-electron chi connectivity index (χ4n) is 7.52. The Morgan fingerprint density at radius 3 is 1.37 bits per heavy atom. The quantitative estimate of drug-likeness (QED) is 0.0487. The van der Waals surface area contributed by atoms with E-state index in [4.69, 9.17) is 0 Å². The molecule has 0 amide bonds. The number of aromatic hydroxyl groups is 1. The lowest BCUT2D eigenvalue weighted by molar-refractivity contribution is 0.105. The van der Waals surface area contributed by atoms with Crippen molar-refractivity contribution in [2.24, 2.45) is 10.2 Å². The summed E-state index contributed by atoms with van der Waals surface area (Å²) in [5, 5.41) is 23.6. The molecule has 1 heterocycles. The molecular formula is C42H32N10O21S6. The van der Waals surface area contributed by atoms with Gasteiger partial charge in [0.05, 0.1) is 43.7 Å². The number of fused-ring (bicyclic) bond motifs is 2. The van der Waals surface area contributed by atoms with Crippen LogP contribution in [0.25, 0.3) is 12.2 Å². The molecule has 11 N–H and O–H groups in total. The summed E-state index contributed by atoms with van der Waals surface area (Å²) in [6.07, 6.45) is 1.24. The van der Waals surface area contributed by atoms with Gasteiger partial charge >= 0.3 is 6.01 Å². The zero-order valence-electron chi connectivity index (χ0n) is 38.9. The van der Waals surface area contributed by atoms with Crippen molar-refractivity contribution in [2.75, 3.05) is 33.4 Å². The molecule has 2 aliphatic rings. The van der Waals surface area contributed by atoms with Crippen molar-refractivity contribution in [3.05, 3.63) is 129 Å². The number of Topliss-reactive ketones (excluding diaryl/α,β-unsaturated/α-hetero) is 2. The molecule has 1 aromatic heterocycles. The maximum atomic E-state index is 14.3. The molecule has 412 valence electrons. The number of anilines is 8. The van der Waals surface area contributed by atoms with Crippen LogP contribution in [0.5, 0.6) is 6.01 Å². The summed E-state index contributed by atoms with van der Waals surface area (Å²) in [6.45, 7) is 0. The Balaban J connectivity index is 1.13. The third-order valence-electron chi connectivity index (χ3n) is 10.9. The molecule has 37 heteroatoms. The second-order valence-corrected chi connectivity index (χ2v) is 24.6. The number of para-hydroxylation sites is 2. The number of carbonyl (C=O) groups excluding carboxylic acids is 2. The van der Waals surface area contributed by atoms with Gasteiger partial charge in [0, 0.05) is 18.4 Å². The highest BCUT2D eigenvalue weighted by atomic mass is 32.2. The van der Waals surface area contributed by atoms with Crippen molar-refractivity contribution in [3.8, 4) is 6.01 Å². The minimum Gasteiger partial charge on any atom is -0.479 e. The number of nitrogens with one attached hydrogen (secondary N) is 4. The lowest BCUT2D eigenvalue weighted by Gasteiger charge is -2.25. The van der Waals surface area contributed by atoms with E-state index in [9.17, 15) is 92.5 Å². The van der Waals surface area contributed by atoms with Gasteiger partial charge in [-0.15, -0.1) is 0 Å². The second kappa shape index (κ2) is 20.4. The van der Waals surface area contributed by atoms with Crippen LogP contribution in [-0.4, -0.2) is 128 Å². The highest BCUT2D eigenvalue weighted by Gasteiger charge is 2.38. The Hall–Kier alpha value is -8.47. The van der Waals surface area contributed by atoms with Crippen LogP contribution in [0.1, 0.15) is 31.8 Å². The van der Waals surface area contributed by atoms with E-state index in [0.717, 1.165) is 42.3 Å². The van der Waals surface area contributed by atoms with Gasteiger partial charge in [0.2, 0.25) is 23.5 Å². The molecule has 0 fully saturated rings. The highest BCUT2D eigenvalue weighted by Crippen LogP contribution is 2.39. The van der Waals surface area contributed by atoms with Crippen LogP contribution in [-0.2, 0) is 60.7 Å². The summed E-state index contributed by atoms with van der Waals surface area (Å²) >= 11 is 0. The van der Waals surface area contributed by atoms with Crippen LogP contribution in [0.4, 0.5) is 46.0 Å². The van der Waals surface area contributed by atoms with Gasteiger partial charge in [-0.25, -0.2) is 0 Å². The molecule has 0 aliphatic heterocycles. The number of hydrazone groups is 2. The number of hydrogen-bond donors (Lipinski definition) is 11. The van der Waals surface area contributed by atoms with Gasteiger partial charge in [-0.2, -0.15) is 75.7 Å². The number of hydrogen-bond acceptors (Lipinski definition) is 25. The number of allylic oxidation sites excluding steroid dienone is 2. The van der Waals surface area contributed by atoms with Crippen molar-refractivity contribution < 1.29 is 92.5 Å². The lowest BCUT2D eigenvalue weighted by Crippen LogP contribution is -2.29. The topological polar surface area (TPSA) is 495 Å². The number of nitrogens with zero attached hydrogens (tertiary/aromatic N) is 6. The molecule has 0 saturated heterocycles. The maximum absolute atomic E-state index is 14.3. The molecule has 0 bridgehead atoms. The number of aromatic nitrogens is 3. The van der Waals surface area contributed by atoms with E-state index in [0.29, 0.717) is 30.4 Å². The summed E-state index contributed by atoms with van der Waals surface area (Å²) in [5.74, 6) is -3.74. The minimum absolute atomic E-state index is 0.0373. The predicted molar refractivity (Wildman–Crippen MR) is 277 cm³/mol. The predicted octanol–water partition coefficient (Wildman–Crippen LogP) is 3.61. The van der Waals surface area contributed by atoms with Crippen molar-refractivity contribution in [1.29, 1.82) is 0 Å². The number of carbonyl (C=O) groups is 2. The molecular weight excluding hydrogens is 1170 g/mol. The molecule has 6 aromatic rings. The van der Waals surface area contributed by atoms with Crippen molar-refractivity contribution in [3.63, 3.8) is 0 Å². The summed E-state index contributed by atoms with van der Waals surface area (Å²) in [4.78, 5) is 35.3. The molecule has 79 heavy (non-hydrogen) atoms. The molecule has 31 nitrogen and oxygen atoms in total. The van der Waals surface area contributed by atoms with Gasteiger partial charge in [-0.1, -0.05) is 24.3 Å². The van der Waals surface area contributed by atoms with Gasteiger partial charge in [0.15, 0.2) is 11.4 Å². The van der Waals surface area contributed by atoms with Gasteiger partial charge < -0.3 is 20.6 Å². The third kappa shape index (κ3) is 12.2. The van der Waals surface area contributed by atoms with E-state index in [1.807, 2.05) is 0 Å². The summed E-state index contributed by atoms with van der Waals surface area (Å²) in [6, 6.07) is 16.1. The molecule has 5 aromatic carbocycles. The normalized spacial score (nSPS) is 15.2. The van der Waals surface area contributed by atoms with Gasteiger partial charge in [-0.05, 0) is 96.1 Å². The minimum atomic E-state index is -5.42. The Morgan fingerprint density at radius 1 is 0.481 bits per heavy atom. The van der Waals surface area contributed by atoms with Crippen LogP contribution in [0.3, 0.4) is 0 Å². The average Bonchev–Trinajstić information content (AvgIpc) is 3.37.